The van der Waals surface area contributed by atoms with E-state index in [-0.39, 0.29) is 12.6 Å². The molecule has 0 spiro atoms. The van der Waals surface area contributed by atoms with Crippen LogP contribution < -0.4 is 5.32 Å². The molecule has 0 aliphatic carbocycles. The van der Waals surface area contributed by atoms with Crippen molar-refractivity contribution in [2.75, 3.05) is 0 Å². The number of aromatic amines is 1. The summed E-state index contributed by atoms with van der Waals surface area (Å²) >= 11 is 12.1. The van der Waals surface area contributed by atoms with E-state index in [4.69, 9.17) is 23.2 Å². The zero-order chi connectivity index (χ0) is 18.3. The summed E-state index contributed by atoms with van der Waals surface area (Å²) in [4.78, 5) is 9.25. The van der Waals surface area contributed by atoms with Gasteiger partial charge in [0.1, 0.15) is 12.1 Å². The number of para-hydroxylation sites is 2. The van der Waals surface area contributed by atoms with Crippen molar-refractivity contribution in [3.63, 3.8) is 0 Å². The SMILES string of the molecule is OC1N[C@@H](Cc2ccc(Cl)cc2Cl)C(O)N1Cc1nc2ccccc2[nH]1. The first-order valence-corrected chi connectivity index (χ1v) is 9.02. The van der Waals surface area contributed by atoms with Crippen LogP contribution in [0, 0.1) is 0 Å². The Morgan fingerprint density at radius 2 is 1.92 bits per heavy atom. The lowest BCUT2D eigenvalue weighted by atomic mass is 10.1. The second-order valence-electron chi connectivity index (χ2n) is 6.37. The molecular weight excluding hydrogens is 375 g/mol. The third kappa shape index (κ3) is 3.44. The van der Waals surface area contributed by atoms with Crippen LogP contribution in [0.25, 0.3) is 11.0 Å². The van der Waals surface area contributed by atoms with E-state index in [9.17, 15) is 10.2 Å². The number of hydrogen-bond donors (Lipinski definition) is 4. The van der Waals surface area contributed by atoms with E-state index in [1.165, 1.54) is 0 Å². The Hall–Kier alpha value is -1.67. The molecule has 4 N–H and O–H groups in total. The van der Waals surface area contributed by atoms with Gasteiger partial charge in [0.05, 0.1) is 23.6 Å². The van der Waals surface area contributed by atoms with Crippen molar-refractivity contribution in [1.82, 2.24) is 20.2 Å². The number of benzene rings is 2. The van der Waals surface area contributed by atoms with Gasteiger partial charge in [0.25, 0.3) is 0 Å². The molecule has 6 nitrogen and oxygen atoms in total. The third-order valence-corrected chi connectivity index (χ3v) is 5.19. The van der Waals surface area contributed by atoms with Crippen LogP contribution in [-0.4, -0.2) is 43.7 Å². The van der Waals surface area contributed by atoms with Crippen LogP contribution in [-0.2, 0) is 13.0 Å². The first-order chi connectivity index (χ1) is 12.5. The lowest BCUT2D eigenvalue weighted by Crippen LogP contribution is -2.39. The molecule has 1 saturated heterocycles. The number of aromatic nitrogens is 2. The van der Waals surface area contributed by atoms with Gasteiger partial charge in [-0.2, -0.15) is 0 Å². The van der Waals surface area contributed by atoms with Crippen LogP contribution in [0.5, 0.6) is 0 Å². The molecule has 136 valence electrons. The van der Waals surface area contributed by atoms with Gasteiger partial charge in [0.15, 0.2) is 6.35 Å². The smallest absolute Gasteiger partial charge is 0.165 e. The van der Waals surface area contributed by atoms with E-state index in [0.717, 1.165) is 16.6 Å². The van der Waals surface area contributed by atoms with Crippen LogP contribution in [0.1, 0.15) is 11.4 Å². The summed E-state index contributed by atoms with van der Waals surface area (Å²) in [5.74, 6) is 0.677. The third-order valence-electron chi connectivity index (χ3n) is 4.60. The highest BCUT2D eigenvalue weighted by Gasteiger charge is 2.39. The molecule has 0 radical (unpaired) electrons. The zero-order valence-electron chi connectivity index (χ0n) is 13.7. The summed E-state index contributed by atoms with van der Waals surface area (Å²) in [7, 11) is 0. The first kappa shape index (κ1) is 17.7. The number of imidazole rings is 1. The number of H-pyrrole nitrogens is 1. The molecule has 0 bridgehead atoms. The predicted octanol–water partition coefficient (Wildman–Crippen LogP) is 2.48. The minimum Gasteiger partial charge on any atom is -0.377 e. The second kappa shape index (κ2) is 7.15. The summed E-state index contributed by atoms with van der Waals surface area (Å²) in [5, 5.41) is 25.1. The van der Waals surface area contributed by atoms with Crippen LogP contribution in [0.15, 0.2) is 42.5 Å². The number of nitrogens with zero attached hydrogens (tertiary/aromatic N) is 2. The molecule has 2 heterocycles. The summed E-state index contributed by atoms with van der Waals surface area (Å²) < 4.78 is 0. The maximum atomic E-state index is 10.7. The van der Waals surface area contributed by atoms with Crippen molar-refractivity contribution >= 4 is 34.2 Å². The van der Waals surface area contributed by atoms with Crippen LogP contribution in [0.2, 0.25) is 10.0 Å². The highest BCUT2D eigenvalue weighted by molar-refractivity contribution is 6.35. The van der Waals surface area contributed by atoms with Gasteiger partial charge < -0.3 is 15.2 Å². The van der Waals surface area contributed by atoms with E-state index in [1.807, 2.05) is 30.3 Å². The lowest BCUT2D eigenvalue weighted by Gasteiger charge is -2.22. The van der Waals surface area contributed by atoms with Gasteiger partial charge >= 0.3 is 0 Å². The summed E-state index contributed by atoms with van der Waals surface area (Å²) in [6.07, 6.45) is -1.40. The van der Waals surface area contributed by atoms with Crippen molar-refractivity contribution in [3.05, 3.63) is 63.9 Å². The van der Waals surface area contributed by atoms with E-state index in [2.05, 4.69) is 15.3 Å². The van der Waals surface area contributed by atoms with E-state index < -0.39 is 12.6 Å². The molecule has 2 unspecified atom stereocenters. The van der Waals surface area contributed by atoms with Crippen molar-refractivity contribution in [2.45, 2.75) is 31.6 Å². The van der Waals surface area contributed by atoms with Crippen molar-refractivity contribution in [1.29, 1.82) is 0 Å². The van der Waals surface area contributed by atoms with Gasteiger partial charge in [-0.1, -0.05) is 41.4 Å². The average molecular weight is 393 g/mol. The number of halogens is 2. The number of hydrogen-bond acceptors (Lipinski definition) is 5. The number of rotatable bonds is 4. The number of aliphatic hydroxyl groups excluding tert-OH is 2. The van der Waals surface area contributed by atoms with Crippen LogP contribution in [0.3, 0.4) is 0 Å². The van der Waals surface area contributed by atoms with Gasteiger partial charge in [-0.25, -0.2) is 9.88 Å². The summed E-state index contributed by atoms with van der Waals surface area (Å²) in [5.41, 5.74) is 2.62. The second-order valence-corrected chi connectivity index (χ2v) is 7.22. The van der Waals surface area contributed by atoms with Crippen LogP contribution >= 0.6 is 23.2 Å². The van der Waals surface area contributed by atoms with Crippen molar-refractivity contribution in [2.24, 2.45) is 0 Å². The number of fused-ring (bicyclic) bond motifs is 1. The Morgan fingerprint density at radius 1 is 1.12 bits per heavy atom. The monoisotopic (exact) mass is 392 g/mol. The molecule has 4 rings (SSSR count). The summed E-state index contributed by atoms with van der Waals surface area (Å²) in [6.45, 7) is 0.287. The average Bonchev–Trinajstić information content (AvgIpc) is 3.13. The number of aliphatic hydroxyl groups is 2. The van der Waals surface area contributed by atoms with E-state index in [1.54, 1.807) is 17.0 Å². The molecule has 3 atom stereocenters. The quantitative estimate of drug-likeness (QED) is 0.548. The topological polar surface area (TPSA) is 84.4 Å². The highest BCUT2D eigenvalue weighted by atomic mass is 35.5. The Labute approximate surface area is 160 Å². The first-order valence-electron chi connectivity index (χ1n) is 8.27. The van der Waals surface area contributed by atoms with Crippen LogP contribution in [0.4, 0.5) is 0 Å². The maximum absolute atomic E-state index is 10.7. The molecule has 1 aliphatic rings. The summed E-state index contributed by atoms with van der Waals surface area (Å²) in [6, 6.07) is 12.6. The highest BCUT2D eigenvalue weighted by Crippen LogP contribution is 2.26. The fraction of sp³-hybridized carbons (Fsp3) is 0.278. The molecule has 3 aromatic rings. The van der Waals surface area contributed by atoms with Gasteiger partial charge in [-0.15, -0.1) is 0 Å². The molecule has 1 aliphatic heterocycles. The van der Waals surface area contributed by atoms with Crippen molar-refractivity contribution in [3.8, 4) is 0 Å². The van der Waals surface area contributed by atoms with Gasteiger partial charge in [-0.05, 0) is 36.2 Å². The Balaban J connectivity index is 1.49. The Kier molecular flexibility index (Phi) is 4.88. The minimum atomic E-state index is -0.978. The zero-order valence-corrected chi connectivity index (χ0v) is 15.2. The molecule has 0 saturated carbocycles. The van der Waals surface area contributed by atoms with Gasteiger partial charge in [-0.3, -0.25) is 5.32 Å². The van der Waals surface area contributed by atoms with E-state index in [0.29, 0.717) is 22.3 Å². The molecule has 1 fully saturated rings. The molecule has 26 heavy (non-hydrogen) atoms. The molecule has 0 amide bonds. The molecule has 1 aromatic heterocycles. The lowest BCUT2D eigenvalue weighted by molar-refractivity contribution is -0.0667. The maximum Gasteiger partial charge on any atom is 0.165 e. The molecule has 8 heteroatoms. The van der Waals surface area contributed by atoms with E-state index >= 15 is 0 Å². The standard InChI is InChI=1S/C18H18Cl2N4O2/c19-11-6-5-10(12(20)8-11)7-15-17(25)24(18(26)23-15)9-16-21-13-3-1-2-4-14(13)22-16/h1-6,8,15,17-18,23,25-26H,7,9H2,(H,21,22)/t15-,17?,18?/m0/s1. The minimum absolute atomic E-state index is 0.287. The normalized spacial score (nSPS) is 23.8. The Bertz CT molecular complexity index is 899. The molecular formula is C18H18Cl2N4O2. The Morgan fingerprint density at radius 3 is 2.69 bits per heavy atom. The van der Waals surface area contributed by atoms with Crippen molar-refractivity contribution < 1.29 is 10.2 Å². The predicted molar refractivity (Wildman–Crippen MR) is 101 cm³/mol. The van der Waals surface area contributed by atoms with Gasteiger partial charge in [0, 0.05) is 10.0 Å². The fourth-order valence-corrected chi connectivity index (χ4v) is 3.76. The number of nitrogens with one attached hydrogen (secondary N) is 2. The largest absolute Gasteiger partial charge is 0.377 e. The van der Waals surface area contributed by atoms with Gasteiger partial charge in [0.2, 0.25) is 0 Å². The molecule has 2 aromatic carbocycles. The fourth-order valence-electron chi connectivity index (χ4n) is 3.27.